The summed E-state index contributed by atoms with van der Waals surface area (Å²) < 4.78 is 5.59. The normalized spacial score (nSPS) is 19.5. The molecule has 1 aliphatic heterocycles. The Morgan fingerprint density at radius 1 is 1.53 bits per heavy atom. The van der Waals surface area contributed by atoms with Gasteiger partial charge in [0.15, 0.2) is 5.17 Å². The van der Waals surface area contributed by atoms with Gasteiger partial charge in [0.25, 0.3) is 0 Å². The minimum Gasteiger partial charge on any atom is -0.489 e. The quantitative estimate of drug-likeness (QED) is 0.917. The molecule has 1 aliphatic rings. The molecule has 17 heavy (non-hydrogen) atoms. The number of hydrogen-bond donors (Lipinski definition) is 1. The zero-order chi connectivity index (χ0) is 12.4. The second-order valence-corrected chi connectivity index (χ2v) is 5.77. The molecule has 2 rings (SSSR count). The lowest BCUT2D eigenvalue weighted by atomic mass is 10.1. The van der Waals surface area contributed by atoms with Gasteiger partial charge in [-0.25, -0.2) is 0 Å². The van der Waals surface area contributed by atoms with Crippen LogP contribution < -0.4 is 10.5 Å². The van der Waals surface area contributed by atoms with Gasteiger partial charge < -0.3 is 10.5 Å². The van der Waals surface area contributed by atoms with Crippen LogP contribution in [0.2, 0.25) is 5.02 Å². The molecule has 0 saturated carbocycles. The number of nitrogens with two attached hydrogens (primary N) is 1. The number of benzene rings is 1. The van der Waals surface area contributed by atoms with Crippen molar-refractivity contribution in [3.63, 3.8) is 0 Å². The van der Waals surface area contributed by atoms with Crippen molar-refractivity contribution in [2.45, 2.75) is 25.2 Å². The molecular weight excluding hydrogens is 256 g/mol. The topological polar surface area (TPSA) is 47.6 Å². The highest BCUT2D eigenvalue weighted by Gasteiger charge is 2.20. The number of rotatable bonds is 3. The molecule has 0 radical (unpaired) electrons. The molecule has 0 spiro atoms. The number of ether oxygens (including phenoxy) is 1. The Labute approximate surface area is 110 Å². The predicted octanol–water partition coefficient (Wildman–Crippen LogP) is 3.23. The zero-order valence-electron chi connectivity index (χ0n) is 9.81. The Balaban J connectivity index is 2.14. The summed E-state index contributed by atoms with van der Waals surface area (Å²) >= 11 is 7.76. The first kappa shape index (κ1) is 12.6. The van der Waals surface area contributed by atoms with E-state index in [9.17, 15) is 0 Å². The van der Waals surface area contributed by atoms with E-state index >= 15 is 0 Å². The number of thioether (sulfide) groups is 1. The van der Waals surface area contributed by atoms with Crippen molar-refractivity contribution >= 4 is 28.5 Å². The Bertz CT molecular complexity index is 448. The van der Waals surface area contributed by atoms with Crippen LogP contribution in [0.1, 0.15) is 24.7 Å². The molecule has 5 heteroatoms. The third-order valence-corrected chi connectivity index (χ3v) is 3.74. The lowest BCUT2D eigenvalue weighted by molar-refractivity contribution is 0.242. The Morgan fingerprint density at radius 3 is 2.82 bits per heavy atom. The van der Waals surface area contributed by atoms with Crippen molar-refractivity contribution in [1.82, 2.24) is 0 Å². The first-order chi connectivity index (χ1) is 8.06. The Morgan fingerprint density at radius 2 is 2.29 bits per heavy atom. The van der Waals surface area contributed by atoms with Crippen LogP contribution in [-0.4, -0.2) is 17.8 Å². The smallest absolute Gasteiger partial charge is 0.154 e. The van der Waals surface area contributed by atoms with Gasteiger partial charge in [-0.3, -0.25) is 4.99 Å². The van der Waals surface area contributed by atoms with Crippen LogP contribution in [0, 0.1) is 0 Å². The second kappa shape index (κ2) is 5.19. The minimum atomic E-state index is 0.123. The van der Waals surface area contributed by atoms with E-state index in [4.69, 9.17) is 22.1 Å². The maximum absolute atomic E-state index is 6.19. The summed E-state index contributed by atoms with van der Waals surface area (Å²) in [6.07, 6.45) is 0.123. The van der Waals surface area contributed by atoms with Crippen molar-refractivity contribution in [2.24, 2.45) is 10.7 Å². The number of aliphatic imine (C=N–C) groups is 1. The summed E-state index contributed by atoms with van der Waals surface area (Å²) in [7, 11) is 0. The largest absolute Gasteiger partial charge is 0.489 e. The summed E-state index contributed by atoms with van der Waals surface area (Å²) in [5, 5.41) is 1.57. The van der Waals surface area contributed by atoms with Gasteiger partial charge in [-0.2, -0.15) is 0 Å². The monoisotopic (exact) mass is 270 g/mol. The van der Waals surface area contributed by atoms with Gasteiger partial charge in [-0.15, -0.1) is 0 Å². The zero-order valence-corrected chi connectivity index (χ0v) is 11.4. The average Bonchev–Trinajstić information content (AvgIpc) is 2.67. The summed E-state index contributed by atoms with van der Waals surface area (Å²) in [5.41, 5.74) is 6.79. The molecule has 1 atom stereocenters. The highest BCUT2D eigenvalue weighted by Crippen LogP contribution is 2.37. The number of hydrogen-bond acceptors (Lipinski definition) is 4. The molecule has 92 valence electrons. The van der Waals surface area contributed by atoms with Crippen molar-refractivity contribution < 1.29 is 4.74 Å². The Kier molecular flexibility index (Phi) is 3.84. The highest BCUT2D eigenvalue weighted by molar-refractivity contribution is 8.14. The van der Waals surface area contributed by atoms with E-state index in [0.717, 1.165) is 17.9 Å². The van der Waals surface area contributed by atoms with Crippen molar-refractivity contribution in [2.75, 3.05) is 6.54 Å². The van der Waals surface area contributed by atoms with E-state index in [-0.39, 0.29) is 11.4 Å². The van der Waals surface area contributed by atoms with E-state index in [1.165, 1.54) is 0 Å². The van der Waals surface area contributed by atoms with Crippen molar-refractivity contribution in [3.8, 4) is 5.75 Å². The molecule has 0 fully saturated rings. The molecule has 1 aromatic carbocycles. The molecule has 2 N–H and O–H groups in total. The number of nitrogens with zero attached hydrogens (tertiary/aromatic N) is 1. The fraction of sp³-hybridized carbons (Fsp3) is 0.417. The van der Waals surface area contributed by atoms with Crippen LogP contribution in [0.5, 0.6) is 5.75 Å². The van der Waals surface area contributed by atoms with Crippen molar-refractivity contribution in [1.29, 1.82) is 0 Å². The molecule has 0 bridgehead atoms. The predicted molar refractivity (Wildman–Crippen MR) is 74.0 cm³/mol. The van der Waals surface area contributed by atoms with E-state index in [1.54, 1.807) is 11.8 Å². The van der Waals surface area contributed by atoms with Gasteiger partial charge in [0, 0.05) is 0 Å². The molecule has 0 aliphatic carbocycles. The molecule has 3 nitrogen and oxygen atoms in total. The van der Waals surface area contributed by atoms with Gasteiger partial charge in [-0.1, -0.05) is 29.4 Å². The van der Waals surface area contributed by atoms with Gasteiger partial charge in [0.2, 0.25) is 0 Å². The fourth-order valence-corrected chi connectivity index (χ4v) is 2.74. The first-order valence-electron chi connectivity index (χ1n) is 5.49. The second-order valence-electron chi connectivity index (χ2n) is 4.14. The highest BCUT2D eigenvalue weighted by atomic mass is 35.5. The maximum Gasteiger partial charge on any atom is 0.154 e. The molecular formula is C12H15ClN2OS. The number of halogens is 1. The van der Waals surface area contributed by atoms with Gasteiger partial charge in [0.05, 0.1) is 22.9 Å². The summed E-state index contributed by atoms with van der Waals surface area (Å²) in [6, 6.07) is 5.87. The van der Waals surface area contributed by atoms with Gasteiger partial charge in [0.1, 0.15) is 5.75 Å². The molecule has 1 aromatic rings. The first-order valence-corrected chi connectivity index (χ1v) is 6.74. The van der Waals surface area contributed by atoms with E-state index in [1.807, 2.05) is 32.0 Å². The van der Waals surface area contributed by atoms with Gasteiger partial charge >= 0.3 is 0 Å². The Hall–Kier alpha value is -0.870. The lowest BCUT2D eigenvalue weighted by Gasteiger charge is -2.14. The molecule has 0 saturated heterocycles. The molecule has 0 aromatic heterocycles. The van der Waals surface area contributed by atoms with E-state index < -0.39 is 0 Å². The third-order valence-electron chi connectivity index (χ3n) is 2.37. The maximum atomic E-state index is 6.19. The molecule has 0 amide bonds. The molecule has 1 heterocycles. The van der Waals surface area contributed by atoms with Gasteiger partial charge in [-0.05, 0) is 31.5 Å². The summed E-state index contributed by atoms with van der Waals surface area (Å²) in [5.74, 6) is 0.724. The van der Waals surface area contributed by atoms with Crippen LogP contribution in [0.4, 0.5) is 0 Å². The lowest BCUT2D eigenvalue weighted by Crippen LogP contribution is -2.06. The summed E-state index contributed by atoms with van der Waals surface area (Å²) in [4.78, 5) is 4.18. The van der Waals surface area contributed by atoms with E-state index in [0.29, 0.717) is 10.2 Å². The number of amidine groups is 1. The van der Waals surface area contributed by atoms with E-state index in [2.05, 4.69) is 4.99 Å². The molecule has 1 unspecified atom stereocenters. The van der Waals surface area contributed by atoms with Crippen LogP contribution in [0.3, 0.4) is 0 Å². The average molecular weight is 271 g/mol. The third kappa shape index (κ3) is 3.07. The minimum absolute atomic E-state index is 0.123. The standard InChI is InChI=1S/C12H15ClN2OS/c1-7(2)16-10-4-3-8(5-9(10)13)11-6-15-12(14)17-11/h3-5,7,11H,6H2,1-2H3,(H2,14,15). The van der Waals surface area contributed by atoms with Crippen molar-refractivity contribution in [3.05, 3.63) is 28.8 Å². The van der Waals surface area contributed by atoms with Crippen LogP contribution in [0.15, 0.2) is 23.2 Å². The van der Waals surface area contributed by atoms with Crippen LogP contribution in [-0.2, 0) is 0 Å². The SMILES string of the molecule is CC(C)Oc1ccc(C2CN=C(N)S2)cc1Cl. The fourth-order valence-electron chi connectivity index (χ4n) is 1.63. The van der Waals surface area contributed by atoms with Crippen LogP contribution >= 0.6 is 23.4 Å². The van der Waals surface area contributed by atoms with Crippen LogP contribution in [0.25, 0.3) is 0 Å². The summed E-state index contributed by atoms with van der Waals surface area (Å²) in [6.45, 7) is 4.68.